The predicted molar refractivity (Wildman–Crippen MR) is 110 cm³/mol. The summed E-state index contributed by atoms with van der Waals surface area (Å²) >= 11 is 4.54. The number of hydrazone groups is 1. The standard InChI is InChI=1S/C19H14BrF3N4OS/c20-14-5-1-3-12(7-14)10-24-27-17(28)9-16-11-29-18(26-16)25-15-6-2-4-13(8-15)19(21,22)23/h1-8,10-11H,9H2,(H,25,26)(H,27,28)/b24-10-. The third kappa shape index (κ3) is 6.40. The number of nitrogens with zero attached hydrogens (tertiary/aromatic N) is 2. The molecule has 2 N–H and O–H groups in total. The summed E-state index contributed by atoms with van der Waals surface area (Å²) in [6.07, 6.45) is -2.90. The number of benzene rings is 2. The van der Waals surface area contributed by atoms with Crippen LogP contribution in [0.5, 0.6) is 0 Å². The van der Waals surface area contributed by atoms with Crippen LogP contribution in [-0.4, -0.2) is 17.1 Å². The molecule has 150 valence electrons. The molecule has 0 unspecified atom stereocenters. The van der Waals surface area contributed by atoms with Crippen LogP contribution in [0.25, 0.3) is 0 Å². The summed E-state index contributed by atoms with van der Waals surface area (Å²) in [5.74, 6) is -0.354. The van der Waals surface area contributed by atoms with Crippen LogP contribution in [0.3, 0.4) is 0 Å². The first-order valence-corrected chi connectivity index (χ1v) is 9.93. The second kappa shape index (κ2) is 9.19. The van der Waals surface area contributed by atoms with E-state index in [-0.39, 0.29) is 18.0 Å². The van der Waals surface area contributed by atoms with Crippen LogP contribution in [0.15, 0.2) is 63.5 Å². The van der Waals surface area contributed by atoms with Crippen molar-refractivity contribution < 1.29 is 18.0 Å². The SMILES string of the molecule is O=C(Cc1csc(Nc2cccc(C(F)(F)F)c2)n1)N/N=C\c1cccc(Br)c1. The molecule has 2 aromatic carbocycles. The van der Waals surface area contributed by atoms with Crippen molar-refractivity contribution in [1.82, 2.24) is 10.4 Å². The molecule has 1 amide bonds. The van der Waals surface area contributed by atoms with Gasteiger partial charge in [-0.15, -0.1) is 11.3 Å². The molecular weight excluding hydrogens is 469 g/mol. The van der Waals surface area contributed by atoms with Crippen molar-refractivity contribution in [2.24, 2.45) is 5.10 Å². The Balaban J connectivity index is 1.55. The van der Waals surface area contributed by atoms with Crippen molar-refractivity contribution in [3.8, 4) is 0 Å². The number of alkyl halides is 3. The normalized spacial score (nSPS) is 11.6. The zero-order valence-corrected chi connectivity index (χ0v) is 17.1. The lowest BCUT2D eigenvalue weighted by molar-refractivity contribution is -0.137. The average Bonchev–Trinajstić information content (AvgIpc) is 3.08. The fraction of sp³-hybridized carbons (Fsp3) is 0.105. The molecule has 0 aliphatic carbocycles. The van der Waals surface area contributed by atoms with Gasteiger partial charge in [0.2, 0.25) is 5.91 Å². The minimum Gasteiger partial charge on any atom is -0.332 e. The Morgan fingerprint density at radius 3 is 2.76 bits per heavy atom. The molecule has 1 heterocycles. The van der Waals surface area contributed by atoms with Gasteiger partial charge in [0.05, 0.1) is 23.9 Å². The van der Waals surface area contributed by atoms with E-state index < -0.39 is 11.7 Å². The van der Waals surface area contributed by atoms with Crippen LogP contribution in [0, 0.1) is 0 Å². The smallest absolute Gasteiger partial charge is 0.332 e. The van der Waals surface area contributed by atoms with Gasteiger partial charge in [-0.1, -0.05) is 34.1 Å². The van der Waals surface area contributed by atoms with Gasteiger partial charge in [0.15, 0.2) is 5.13 Å². The van der Waals surface area contributed by atoms with Crippen LogP contribution < -0.4 is 10.7 Å². The highest BCUT2D eigenvalue weighted by Crippen LogP contribution is 2.31. The molecule has 0 atom stereocenters. The zero-order chi connectivity index (χ0) is 20.9. The van der Waals surface area contributed by atoms with Gasteiger partial charge in [-0.05, 0) is 35.9 Å². The van der Waals surface area contributed by atoms with Crippen LogP contribution in [0.4, 0.5) is 24.0 Å². The maximum absolute atomic E-state index is 12.8. The van der Waals surface area contributed by atoms with Crippen molar-refractivity contribution in [1.29, 1.82) is 0 Å². The fourth-order valence-electron chi connectivity index (χ4n) is 2.31. The molecule has 1 aromatic heterocycles. The molecule has 0 radical (unpaired) electrons. The number of thiazole rings is 1. The Hall–Kier alpha value is -2.72. The minimum atomic E-state index is -4.42. The van der Waals surface area contributed by atoms with Crippen LogP contribution in [0.2, 0.25) is 0 Å². The lowest BCUT2D eigenvalue weighted by Gasteiger charge is -2.08. The predicted octanol–water partition coefficient (Wildman–Crippen LogP) is 5.36. The number of hydrogen-bond donors (Lipinski definition) is 2. The third-order valence-corrected chi connectivity index (χ3v) is 4.89. The van der Waals surface area contributed by atoms with Crippen molar-refractivity contribution in [2.75, 3.05) is 5.32 Å². The van der Waals surface area contributed by atoms with Gasteiger partial charge in [-0.3, -0.25) is 4.79 Å². The van der Waals surface area contributed by atoms with Gasteiger partial charge in [0, 0.05) is 15.5 Å². The summed E-state index contributed by atoms with van der Waals surface area (Å²) in [6.45, 7) is 0. The summed E-state index contributed by atoms with van der Waals surface area (Å²) in [7, 11) is 0. The lowest BCUT2D eigenvalue weighted by Crippen LogP contribution is -2.19. The molecule has 0 saturated heterocycles. The van der Waals surface area contributed by atoms with E-state index >= 15 is 0 Å². The monoisotopic (exact) mass is 482 g/mol. The van der Waals surface area contributed by atoms with Gasteiger partial charge in [0.25, 0.3) is 0 Å². The number of nitrogens with one attached hydrogen (secondary N) is 2. The summed E-state index contributed by atoms with van der Waals surface area (Å²) in [6, 6.07) is 12.2. The average molecular weight is 483 g/mol. The van der Waals surface area contributed by atoms with Gasteiger partial charge in [-0.25, -0.2) is 10.4 Å². The third-order valence-electron chi connectivity index (χ3n) is 3.59. The van der Waals surface area contributed by atoms with E-state index in [4.69, 9.17) is 0 Å². The summed E-state index contributed by atoms with van der Waals surface area (Å²) in [4.78, 5) is 16.2. The highest BCUT2D eigenvalue weighted by Gasteiger charge is 2.30. The van der Waals surface area contributed by atoms with Crippen LogP contribution >= 0.6 is 27.3 Å². The maximum Gasteiger partial charge on any atom is 0.416 e. The van der Waals surface area contributed by atoms with E-state index in [1.165, 1.54) is 29.7 Å². The molecule has 0 bridgehead atoms. The van der Waals surface area contributed by atoms with E-state index in [0.717, 1.165) is 22.2 Å². The number of hydrogen-bond acceptors (Lipinski definition) is 5. The molecule has 29 heavy (non-hydrogen) atoms. The fourth-order valence-corrected chi connectivity index (χ4v) is 3.46. The van der Waals surface area contributed by atoms with Crippen LogP contribution in [0.1, 0.15) is 16.8 Å². The largest absolute Gasteiger partial charge is 0.416 e. The van der Waals surface area contributed by atoms with Crippen molar-refractivity contribution >= 4 is 50.2 Å². The number of rotatable bonds is 6. The quantitative estimate of drug-likeness (QED) is 0.367. The summed E-state index contributed by atoms with van der Waals surface area (Å²) in [5, 5.41) is 8.77. The van der Waals surface area contributed by atoms with Crippen LogP contribution in [-0.2, 0) is 17.4 Å². The van der Waals surface area contributed by atoms with E-state index in [9.17, 15) is 18.0 Å². The first-order chi connectivity index (χ1) is 13.8. The second-order valence-corrected chi connectivity index (χ2v) is 7.65. The van der Waals surface area contributed by atoms with Crippen molar-refractivity contribution in [3.05, 3.63) is 75.2 Å². The topological polar surface area (TPSA) is 66.4 Å². The second-order valence-electron chi connectivity index (χ2n) is 5.87. The summed E-state index contributed by atoms with van der Waals surface area (Å²) < 4.78 is 39.3. The number of carbonyl (C=O) groups is 1. The highest BCUT2D eigenvalue weighted by molar-refractivity contribution is 9.10. The minimum absolute atomic E-state index is 0.00338. The highest BCUT2D eigenvalue weighted by atomic mass is 79.9. The number of amides is 1. The van der Waals surface area contributed by atoms with Crippen molar-refractivity contribution in [3.63, 3.8) is 0 Å². The van der Waals surface area contributed by atoms with Gasteiger partial charge in [-0.2, -0.15) is 18.3 Å². The van der Waals surface area contributed by atoms with E-state index in [1.807, 2.05) is 24.3 Å². The maximum atomic E-state index is 12.8. The molecule has 0 aliphatic rings. The number of anilines is 2. The molecule has 3 rings (SSSR count). The lowest BCUT2D eigenvalue weighted by atomic mass is 10.2. The Morgan fingerprint density at radius 2 is 2.00 bits per heavy atom. The molecule has 0 spiro atoms. The van der Waals surface area contributed by atoms with Gasteiger partial charge >= 0.3 is 6.18 Å². The zero-order valence-electron chi connectivity index (χ0n) is 14.7. The van der Waals surface area contributed by atoms with E-state index in [0.29, 0.717) is 10.8 Å². The number of halogens is 4. The van der Waals surface area contributed by atoms with Gasteiger partial charge in [0.1, 0.15) is 0 Å². The van der Waals surface area contributed by atoms with E-state index in [1.54, 1.807) is 5.38 Å². The molecule has 10 heteroatoms. The number of aromatic nitrogens is 1. The molecule has 0 saturated carbocycles. The molecule has 0 fully saturated rings. The first-order valence-electron chi connectivity index (χ1n) is 8.26. The molecule has 0 aliphatic heterocycles. The summed E-state index contributed by atoms with van der Waals surface area (Å²) in [5.41, 5.74) is 3.24. The molecular formula is C19H14BrF3N4OS. The molecule has 5 nitrogen and oxygen atoms in total. The Morgan fingerprint density at radius 1 is 1.21 bits per heavy atom. The number of carbonyl (C=O) groups excluding carboxylic acids is 1. The Bertz CT molecular complexity index is 1040. The first kappa shape index (κ1) is 21.0. The molecule has 3 aromatic rings. The van der Waals surface area contributed by atoms with Gasteiger partial charge < -0.3 is 5.32 Å². The van der Waals surface area contributed by atoms with E-state index in [2.05, 4.69) is 36.8 Å². The Labute approximate surface area is 176 Å². The van der Waals surface area contributed by atoms with Crippen molar-refractivity contribution in [2.45, 2.75) is 12.6 Å². The Kier molecular flexibility index (Phi) is 6.65.